The molecule has 0 amide bonds. The topological polar surface area (TPSA) is 26.3 Å². The van der Waals surface area contributed by atoms with E-state index in [9.17, 15) is 4.79 Å². The highest BCUT2D eigenvalue weighted by molar-refractivity contribution is 5.72. The molecule has 0 saturated heterocycles. The molecule has 100 valence electrons. The number of esters is 1. The highest BCUT2D eigenvalue weighted by Gasteiger charge is 2.09. The third kappa shape index (κ3) is 7.10. The number of unbranched alkanes of at least 4 members (excludes halogenated alkanes) is 2. The van der Waals surface area contributed by atoms with Gasteiger partial charge in [0.25, 0.3) is 0 Å². The summed E-state index contributed by atoms with van der Waals surface area (Å²) >= 11 is 0. The fourth-order valence-electron chi connectivity index (χ4n) is 1.77. The lowest BCUT2D eigenvalue weighted by molar-refractivity contribution is -0.134. The molecular formula is C16H24O2. The molecule has 0 atom stereocenters. The van der Waals surface area contributed by atoms with Crippen molar-refractivity contribution < 1.29 is 9.53 Å². The smallest absolute Gasteiger partial charge is 0.311 e. The summed E-state index contributed by atoms with van der Waals surface area (Å²) in [5.41, 5.74) is 0.393. The second kappa shape index (κ2) is 7.20. The summed E-state index contributed by atoms with van der Waals surface area (Å²) in [5, 5.41) is 0. The Balaban J connectivity index is 2.11. The molecule has 0 aliphatic rings. The molecule has 1 aromatic rings. The first kappa shape index (κ1) is 14.7. The monoisotopic (exact) mass is 248 g/mol. The molecule has 0 N–H and O–H groups in total. The summed E-state index contributed by atoms with van der Waals surface area (Å²) in [6, 6.07) is 9.25. The maximum Gasteiger partial charge on any atom is 0.311 e. The summed E-state index contributed by atoms with van der Waals surface area (Å²) < 4.78 is 5.22. The van der Waals surface area contributed by atoms with E-state index in [1.807, 2.05) is 18.2 Å². The summed E-state index contributed by atoms with van der Waals surface area (Å²) in [5.74, 6) is 0.508. The Morgan fingerprint density at radius 2 is 1.72 bits per heavy atom. The Morgan fingerprint density at radius 3 is 2.33 bits per heavy atom. The van der Waals surface area contributed by atoms with Crippen molar-refractivity contribution in [1.82, 2.24) is 0 Å². The van der Waals surface area contributed by atoms with Gasteiger partial charge in [0.15, 0.2) is 0 Å². The summed E-state index contributed by atoms with van der Waals surface area (Å²) in [6.07, 6.45) is 4.92. The van der Waals surface area contributed by atoms with E-state index in [4.69, 9.17) is 4.74 Å². The first-order chi connectivity index (χ1) is 8.47. The molecule has 0 radical (unpaired) electrons. The van der Waals surface area contributed by atoms with Crippen LogP contribution < -0.4 is 4.74 Å². The van der Waals surface area contributed by atoms with Crippen LogP contribution in [0.5, 0.6) is 5.75 Å². The minimum Gasteiger partial charge on any atom is -0.427 e. The third-order valence-corrected chi connectivity index (χ3v) is 2.78. The van der Waals surface area contributed by atoms with Crippen LogP contribution in [0, 0.1) is 5.41 Å². The van der Waals surface area contributed by atoms with Gasteiger partial charge in [-0.2, -0.15) is 0 Å². The van der Waals surface area contributed by atoms with Crippen LogP contribution in [0.3, 0.4) is 0 Å². The van der Waals surface area contributed by atoms with Crippen molar-refractivity contribution in [2.24, 2.45) is 5.41 Å². The van der Waals surface area contributed by atoms with E-state index in [-0.39, 0.29) is 5.97 Å². The van der Waals surface area contributed by atoms with Gasteiger partial charge in [0.2, 0.25) is 0 Å². The van der Waals surface area contributed by atoms with Crippen LogP contribution in [0.4, 0.5) is 0 Å². The number of hydrogen-bond donors (Lipinski definition) is 0. The van der Waals surface area contributed by atoms with Crippen LogP contribution >= 0.6 is 0 Å². The van der Waals surface area contributed by atoms with Gasteiger partial charge in [0.05, 0.1) is 0 Å². The first-order valence-corrected chi connectivity index (χ1v) is 6.73. The minimum absolute atomic E-state index is 0.128. The van der Waals surface area contributed by atoms with Gasteiger partial charge in [0, 0.05) is 6.42 Å². The zero-order valence-corrected chi connectivity index (χ0v) is 11.7. The molecular weight excluding hydrogens is 224 g/mol. The van der Waals surface area contributed by atoms with E-state index < -0.39 is 0 Å². The molecule has 0 aromatic heterocycles. The minimum atomic E-state index is -0.128. The van der Waals surface area contributed by atoms with Crippen LogP contribution in [0.25, 0.3) is 0 Å². The average molecular weight is 248 g/mol. The van der Waals surface area contributed by atoms with Gasteiger partial charge in [-0.1, -0.05) is 51.8 Å². The summed E-state index contributed by atoms with van der Waals surface area (Å²) in [4.78, 5) is 11.6. The van der Waals surface area contributed by atoms with E-state index in [0.717, 1.165) is 12.8 Å². The maximum absolute atomic E-state index is 11.6. The summed E-state index contributed by atoms with van der Waals surface area (Å²) in [7, 11) is 0. The molecule has 0 aliphatic carbocycles. The molecule has 0 spiro atoms. The quantitative estimate of drug-likeness (QED) is 0.418. The SMILES string of the molecule is CC(C)(C)CCCCCC(=O)Oc1ccccc1. The molecule has 0 bridgehead atoms. The first-order valence-electron chi connectivity index (χ1n) is 6.73. The largest absolute Gasteiger partial charge is 0.427 e. The van der Waals surface area contributed by atoms with Gasteiger partial charge in [-0.25, -0.2) is 0 Å². The van der Waals surface area contributed by atoms with E-state index >= 15 is 0 Å². The second-order valence-electron chi connectivity index (χ2n) is 5.91. The zero-order chi connectivity index (χ0) is 13.4. The van der Waals surface area contributed by atoms with Crippen molar-refractivity contribution in [3.8, 4) is 5.75 Å². The number of rotatable bonds is 6. The zero-order valence-electron chi connectivity index (χ0n) is 11.7. The van der Waals surface area contributed by atoms with E-state index in [1.165, 1.54) is 12.8 Å². The molecule has 0 heterocycles. The van der Waals surface area contributed by atoms with Crippen molar-refractivity contribution >= 4 is 5.97 Å². The van der Waals surface area contributed by atoms with Gasteiger partial charge in [0.1, 0.15) is 5.75 Å². The van der Waals surface area contributed by atoms with Gasteiger partial charge in [-0.15, -0.1) is 0 Å². The Kier molecular flexibility index (Phi) is 5.90. The van der Waals surface area contributed by atoms with Gasteiger partial charge >= 0.3 is 5.97 Å². The van der Waals surface area contributed by atoms with Gasteiger partial charge in [-0.3, -0.25) is 4.79 Å². The average Bonchev–Trinajstić information content (AvgIpc) is 2.28. The van der Waals surface area contributed by atoms with Crippen molar-refractivity contribution in [3.63, 3.8) is 0 Å². The number of ether oxygens (including phenoxy) is 1. The van der Waals surface area contributed by atoms with Crippen molar-refractivity contribution in [3.05, 3.63) is 30.3 Å². The Bertz CT molecular complexity index is 349. The molecule has 1 aromatic carbocycles. The van der Waals surface area contributed by atoms with Crippen molar-refractivity contribution in [2.45, 2.75) is 52.9 Å². The van der Waals surface area contributed by atoms with Crippen LogP contribution in [-0.4, -0.2) is 5.97 Å². The normalized spacial score (nSPS) is 11.3. The summed E-state index contributed by atoms with van der Waals surface area (Å²) in [6.45, 7) is 6.74. The second-order valence-corrected chi connectivity index (χ2v) is 5.91. The highest BCUT2D eigenvalue weighted by atomic mass is 16.5. The van der Waals surface area contributed by atoms with E-state index in [2.05, 4.69) is 20.8 Å². The fourth-order valence-corrected chi connectivity index (χ4v) is 1.77. The Labute approximate surface area is 110 Å². The molecule has 0 unspecified atom stereocenters. The molecule has 2 heteroatoms. The predicted molar refractivity (Wildman–Crippen MR) is 74.6 cm³/mol. The van der Waals surface area contributed by atoms with Crippen molar-refractivity contribution in [2.75, 3.05) is 0 Å². The number of para-hydroxylation sites is 1. The Hall–Kier alpha value is -1.31. The predicted octanol–water partition coefficient (Wildman–Crippen LogP) is 4.59. The van der Waals surface area contributed by atoms with E-state index in [1.54, 1.807) is 12.1 Å². The number of benzene rings is 1. The lowest BCUT2D eigenvalue weighted by Gasteiger charge is -2.17. The molecule has 1 rings (SSSR count). The molecule has 0 fully saturated rings. The van der Waals surface area contributed by atoms with Crippen LogP contribution in [0.15, 0.2) is 30.3 Å². The van der Waals surface area contributed by atoms with Gasteiger partial charge < -0.3 is 4.74 Å². The molecule has 0 aliphatic heterocycles. The maximum atomic E-state index is 11.6. The molecule has 18 heavy (non-hydrogen) atoms. The Morgan fingerprint density at radius 1 is 1.06 bits per heavy atom. The van der Waals surface area contributed by atoms with Crippen LogP contribution in [0.2, 0.25) is 0 Å². The lowest BCUT2D eigenvalue weighted by Crippen LogP contribution is -2.08. The third-order valence-electron chi connectivity index (χ3n) is 2.78. The number of carbonyl (C=O) groups excluding carboxylic acids is 1. The lowest BCUT2D eigenvalue weighted by atomic mass is 9.89. The van der Waals surface area contributed by atoms with Gasteiger partial charge in [-0.05, 0) is 30.4 Å². The molecule has 2 nitrogen and oxygen atoms in total. The number of carbonyl (C=O) groups is 1. The fraction of sp³-hybridized carbons (Fsp3) is 0.562. The highest BCUT2D eigenvalue weighted by Crippen LogP contribution is 2.22. The van der Waals surface area contributed by atoms with E-state index in [0.29, 0.717) is 17.6 Å². The van der Waals surface area contributed by atoms with Crippen LogP contribution in [0.1, 0.15) is 52.9 Å². The number of hydrogen-bond acceptors (Lipinski definition) is 2. The van der Waals surface area contributed by atoms with Crippen LogP contribution in [-0.2, 0) is 4.79 Å². The standard InChI is InChI=1S/C16H24O2/c1-16(2,3)13-9-5-8-12-15(17)18-14-10-6-4-7-11-14/h4,6-7,10-11H,5,8-9,12-13H2,1-3H3. The molecule has 0 saturated carbocycles. The van der Waals surface area contributed by atoms with Crippen molar-refractivity contribution in [1.29, 1.82) is 0 Å².